The lowest BCUT2D eigenvalue weighted by Crippen LogP contribution is -2.25. The van der Waals surface area contributed by atoms with Crippen LogP contribution in [-0.4, -0.2) is 4.89 Å². The lowest BCUT2D eigenvalue weighted by atomic mass is 9.88. The average molecular weight is 396 g/mol. The Kier molecular flexibility index (Phi) is 12.8. The van der Waals surface area contributed by atoms with Crippen LogP contribution in [0.15, 0.2) is 24.3 Å². The number of hydrogen-bond donors (Lipinski definition) is 1. The smallest absolute Gasteiger partial charge is 0.133 e. The van der Waals surface area contributed by atoms with Gasteiger partial charge in [-0.05, 0) is 36.8 Å². The summed E-state index contributed by atoms with van der Waals surface area (Å²) in [4.78, 5) is 9.21. The van der Waals surface area contributed by atoms with E-state index < -0.39 is 13.9 Å². The van der Waals surface area contributed by atoms with Crippen molar-refractivity contribution in [2.45, 2.75) is 110 Å². The van der Waals surface area contributed by atoms with E-state index in [0.29, 0.717) is 12.8 Å². The minimum absolute atomic E-state index is 0.655. The van der Waals surface area contributed by atoms with Gasteiger partial charge in [-0.15, -0.1) is 9.42 Å². The molecule has 0 radical (unpaired) electrons. The van der Waals surface area contributed by atoms with Crippen molar-refractivity contribution in [3.05, 3.63) is 35.4 Å². The molecule has 0 amide bonds. The van der Waals surface area contributed by atoms with Crippen molar-refractivity contribution >= 4 is 8.25 Å². The SMILES string of the molecule is CCCCCCCCCCCCc1ccc(C(CC)(CC)O[P+](=O)O)cc1. The normalized spacial score (nSPS) is 12.4. The van der Waals surface area contributed by atoms with Gasteiger partial charge in [0.05, 0.1) is 0 Å². The zero-order valence-electron chi connectivity index (χ0n) is 17.7. The van der Waals surface area contributed by atoms with E-state index in [4.69, 9.17) is 4.52 Å². The summed E-state index contributed by atoms with van der Waals surface area (Å²) in [5.41, 5.74) is 1.68. The van der Waals surface area contributed by atoms with Gasteiger partial charge >= 0.3 is 8.25 Å². The van der Waals surface area contributed by atoms with Gasteiger partial charge in [0.15, 0.2) is 5.60 Å². The van der Waals surface area contributed by atoms with E-state index in [0.717, 1.165) is 12.0 Å². The Balaban J connectivity index is 2.31. The lowest BCUT2D eigenvalue weighted by molar-refractivity contribution is 0.0536. The molecular formula is C23H40O3P+. The highest BCUT2D eigenvalue weighted by Crippen LogP contribution is 2.40. The summed E-state index contributed by atoms with van der Waals surface area (Å²) in [6.45, 7) is 6.27. The molecule has 0 bridgehead atoms. The van der Waals surface area contributed by atoms with E-state index in [1.807, 2.05) is 13.8 Å². The minimum atomic E-state index is -2.60. The first kappa shape index (κ1) is 24.3. The molecule has 154 valence electrons. The zero-order chi connectivity index (χ0) is 20.0. The zero-order valence-corrected chi connectivity index (χ0v) is 18.6. The molecule has 1 rings (SSSR count). The van der Waals surface area contributed by atoms with Crippen molar-refractivity contribution in [3.63, 3.8) is 0 Å². The van der Waals surface area contributed by atoms with Crippen molar-refractivity contribution in [1.82, 2.24) is 0 Å². The van der Waals surface area contributed by atoms with Crippen molar-refractivity contribution in [3.8, 4) is 0 Å². The van der Waals surface area contributed by atoms with Gasteiger partial charge < -0.3 is 0 Å². The third-order valence-electron chi connectivity index (χ3n) is 5.69. The highest BCUT2D eigenvalue weighted by molar-refractivity contribution is 7.32. The summed E-state index contributed by atoms with van der Waals surface area (Å²) in [6.07, 6.45) is 16.1. The summed E-state index contributed by atoms with van der Waals surface area (Å²) in [5.74, 6) is 0. The van der Waals surface area contributed by atoms with Crippen LogP contribution in [0.4, 0.5) is 0 Å². The highest BCUT2D eigenvalue weighted by Gasteiger charge is 2.39. The summed E-state index contributed by atoms with van der Waals surface area (Å²) in [6, 6.07) is 8.43. The Labute approximate surface area is 167 Å². The summed E-state index contributed by atoms with van der Waals surface area (Å²) in [5, 5.41) is 0. The van der Waals surface area contributed by atoms with Crippen LogP contribution < -0.4 is 0 Å². The van der Waals surface area contributed by atoms with E-state index >= 15 is 0 Å². The van der Waals surface area contributed by atoms with Gasteiger partial charge in [0.1, 0.15) is 0 Å². The van der Waals surface area contributed by atoms with Crippen molar-refractivity contribution in [2.75, 3.05) is 0 Å². The Bertz CT molecular complexity index is 509. The Morgan fingerprint density at radius 1 is 0.815 bits per heavy atom. The highest BCUT2D eigenvalue weighted by atomic mass is 31.1. The second-order valence-corrected chi connectivity index (χ2v) is 8.32. The molecule has 0 saturated carbocycles. The van der Waals surface area contributed by atoms with Gasteiger partial charge in [0.2, 0.25) is 0 Å². The van der Waals surface area contributed by atoms with Crippen LogP contribution in [0.25, 0.3) is 0 Å². The summed E-state index contributed by atoms with van der Waals surface area (Å²) < 4.78 is 16.6. The molecule has 27 heavy (non-hydrogen) atoms. The quantitative estimate of drug-likeness (QED) is 0.229. The van der Waals surface area contributed by atoms with E-state index in [9.17, 15) is 9.46 Å². The molecule has 3 nitrogen and oxygen atoms in total. The van der Waals surface area contributed by atoms with Crippen molar-refractivity contribution < 1.29 is 14.0 Å². The molecule has 1 aromatic rings. The van der Waals surface area contributed by atoms with Gasteiger partial charge in [-0.3, -0.25) is 0 Å². The molecule has 0 heterocycles. The van der Waals surface area contributed by atoms with Crippen LogP contribution in [0.3, 0.4) is 0 Å². The maximum absolute atomic E-state index is 11.2. The third-order valence-corrected chi connectivity index (χ3v) is 6.20. The first-order valence-corrected chi connectivity index (χ1v) is 12.2. The van der Waals surface area contributed by atoms with Crippen LogP contribution in [0, 0.1) is 0 Å². The van der Waals surface area contributed by atoms with Gasteiger partial charge in [0, 0.05) is 4.57 Å². The molecule has 0 aliphatic carbocycles. The molecule has 0 saturated heterocycles. The number of rotatable bonds is 16. The Morgan fingerprint density at radius 3 is 1.74 bits per heavy atom. The summed E-state index contributed by atoms with van der Waals surface area (Å²) in [7, 11) is -2.60. The predicted octanol–water partition coefficient (Wildman–Crippen LogP) is 7.83. The van der Waals surface area contributed by atoms with Crippen LogP contribution in [0.2, 0.25) is 0 Å². The molecule has 0 aromatic heterocycles. The third kappa shape index (κ3) is 9.32. The molecule has 1 atom stereocenters. The standard InChI is InChI=1S/C23H39O3P/c1-4-7-8-9-10-11-12-13-14-15-16-21-17-19-22(20-18-21)23(5-2,6-3)26-27(24)25/h17-20H,4-16H2,1-3H3/p+1. The molecule has 0 spiro atoms. The van der Waals surface area contributed by atoms with Gasteiger partial charge in [-0.1, -0.05) is 103 Å². The molecule has 1 N–H and O–H groups in total. The maximum atomic E-state index is 11.2. The Hall–Kier alpha value is -0.760. The fourth-order valence-corrected chi connectivity index (χ4v) is 4.44. The second kappa shape index (κ2) is 14.3. The topological polar surface area (TPSA) is 46.5 Å². The van der Waals surface area contributed by atoms with E-state index in [-0.39, 0.29) is 0 Å². The minimum Gasteiger partial charge on any atom is -0.133 e. The Morgan fingerprint density at radius 2 is 1.30 bits per heavy atom. The van der Waals surface area contributed by atoms with Crippen LogP contribution >= 0.6 is 8.25 Å². The predicted molar refractivity (Wildman–Crippen MR) is 115 cm³/mol. The van der Waals surface area contributed by atoms with E-state index in [1.165, 1.54) is 69.8 Å². The van der Waals surface area contributed by atoms with Crippen molar-refractivity contribution in [1.29, 1.82) is 0 Å². The molecule has 0 aliphatic rings. The first-order chi connectivity index (χ1) is 13.1. The van der Waals surface area contributed by atoms with E-state index in [1.54, 1.807) is 0 Å². The molecular weight excluding hydrogens is 355 g/mol. The van der Waals surface area contributed by atoms with Gasteiger partial charge in [0.25, 0.3) is 0 Å². The van der Waals surface area contributed by atoms with E-state index in [2.05, 4.69) is 31.2 Å². The van der Waals surface area contributed by atoms with Crippen molar-refractivity contribution in [2.24, 2.45) is 0 Å². The molecule has 1 aromatic carbocycles. The number of unbranched alkanes of at least 4 members (excludes halogenated alkanes) is 9. The lowest BCUT2D eigenvalue weighted by Gasteiger charge is -2.25. The van der Waals surface area contributed by atoms with Gasteiger partial charge in [-0.25, -0.2) is 0 Å². The van der Waals surface area contributed by atoms with Crippen LogP contribution in [0.1, 0.15) is 109 Å². The number of hydrogen-bond acceptors (Lipinski definition) is 2. The first-order valence-electron chi connectivity index (χ1n) is 11.0. The molecule has 1 unspecified atom stereocenters. The molecule has 0 fully saturated rings. The molecule has 4 heteroatoms. The fourth-order valence-electron chi connectivity index (χ4n) is 3.78. The number of benzene rings is 1. The van der Waals surface area contributed by atoms with Gasteiger partial charge in [-0.2, -0.15) is 0 Å². The average Bonchev–Trinajstić information content (AvgIpc) is 2.68. The monoisotopic (exact) mass is 395 g/mol. The maximum Gasteiger partial charge on any atom is 0.695 e. The summed E-state index contributed by atoms with van der Waals surface area (Å²) >= 11 is 0. The number of aryl methyl sites for hydroxylation is 1. The fraction of sp³-hybridized carbons (Fsp3) is 0.739. The second-order valence-electron chi connectivity index (χ2n) is 7.66. The molecule has 0 aliphatic heterocycles. The largest absolute Gasteiger partial charge is 0.695 e. The van der Waals surface area contributed by atoms with Crippen LogP contribution in [-0.2, 0) is 21.1 Å². The van der Waals surface area contributed by atoms with Crippen LogP contribution in [0.5, 0.6) is 0 Å².